The van der Waals surface area contributed by atoms with Crippen LogP contribution >= 0.6 is 0 Å². The molecular weight excluding hydrogens is 461 g/mol. The smallest absolute Gasteiger partial charge is 0.355 e. The Morgan fingerprint density at radius 1 is 1.20 bits per heavy atom. The topological polar surface area (TPSA) is 80.8 Å². The summed E-state index contributed by atoms with van der Waals surface area (Å²) in [6.07, 6.45) is 0.222. The lowest BCUT2D eigenvalue weighted by Crippen LogP contribution is -2.63. The highest BCUT2D eigenvalue weighted by Crippen LogP contribution is 2.46. The van der Waals surface area contributed by atoms with E-state index < -0.39 is 30.6 Å². The van der Waals surface area contributed by atoms with Crippen molar-refractivity contribution in [1.82, 2.24) is 25.6 Å². The number of fused-ring (bicyclic) bond motifs is 3. The number of hydrogen-bond donors (Lipinski definition) is 2. The number of likely N-dealkylation sites (tertiary alicyclic amines) is 1. The van der Waals surface area contributed by atoms with Gasteiger partial charge in [-0.15, -0.1) is 0 Å². The van der Waals surface area contributed by atoms with Crippen LogP contribution in [0.3, 0.4) is 0 Å². The first-order valence-corrected chi connectivity index (χ1v) is 12.5. The maximum Gasteiger partial charge on any atom is 0.406 e. The molecule has 35 heavy (non-hydrogen) atoms. The fourth-order valence-corrected chi connectivity index (χ4v) is 6.59. The number of hydrazine groups is 1. The van der Waals surface area contributed by atoms with Crippen molar-refractivity contribution >= 4 is 17.6 Å². The SMILES string of the molecule is CC(=O)N1CCCN(c2ncccc2C2CCC3C4NNCC4C(=O)N(CC(F)(F)F)C3C2)CC1. The first-order chi connectivity index (χ1) is 16.7. The highest BCUT2D eigenvalue weighted by molar-refractivity contribution is 5.82. The van der Waals surface area contributed by atoms with Crippen molar-refractivity contribution in [3.8, 4) is 0 Å². The second kappa shape index (κ2) is 9.57. The lowest BCUT2D eigenvalue weighted by atomic mass is 9.67. The largest absolute Gasteiger partial charge is 0.406 e. The molecule has 3 saturated heterocycles. The van der Waals surface area contributed by atoms with Crippen LogP contribution < -0.4 is 15.8 Å². The summed E-state index contributed by atoms with van der Waals surface area (Å²) in [6, 6.07) is 3.30. The standard InChI is InChI=1S/C24H33F3N6O2/c1-15(34)31-8-3-9-32(11-10-31)22-17(4-2-7-28-22)16-5-6-18-20(12-16)33(14-24(25,26)27)23(35)19-13-29-30-21(18)19/h2,4,7,16,18-21,29-30H,3,5-6,8-14H2,1H3. The maximum atomic E-state index is 13.5. The van der Waals surface area contributed by atoms with E-state index in [2.05, 4.69) is 20.7 Å². The number of pyridine rings is 1. The van der Waals surface area contributed by atoms with E-state index in [9.17, 15) is 22.8 Å². The maximum absolute atomic E-state index is 13.5. The van der Waals surface area contributed by atoms with Gasteiger partial charge in [-0.1, -0.05) is 6.07 Å². The molecule has 0 bridgehead atoms. The summed E-state index contributed by atoms with van der Waals surface area (Å²) < 4.78 is 40.5. The van der Waals surface area contributed by atoms with Crippen molar-refractivity contribution in [2.24, 2.45) is 11.8 Å². The van der Waals surface area contributed by atoms with Gasteiger partial charge in [0.15, 0.2) is 0 Å². The molecular formula is C24H33F3N6O2. The second-order valence-corrected chi connectivity index (χ2v) is 10.2. The zero-order valence-corrected chi connectivity index (χ0v) is 19.9. The highest BCUT2D eigenvalue weighted by Gasteiger charge is 2.54. The van der Waals surface area contributed by atoms with Crippen LogP contribution in [0.4, 0.5) is 19.0 Å². The molecule has 5 unspecified atom stereocenters. The normalized spacial score (nSPS) is 31.7. The number of rotatable bonds is 3. The van der Waals surface area contributed by atoms with Gasteiger partial charge in [-0.2, -0.15) is 13.2 Å². The van der Waals surface area contributed by atoms with E-state index in [-0.39, 0.29) is 23.8 Å². The fraction of sp³-hybridized carbons (Fsp3) is 0.708. The van der Waals surface area contributed by atoms with E-state index >= 15 is 0 Å². The van der Waals surface area contributed by atoms with Crippen LogP contribution in [0.2, 0.25) is 0 Å². The molecule has 11 heteroatoms. The van der Waals surface area contributed by atoms with E-state index in [1.165, 1.54) is 0 Å². The zero-order chi connectivity index (χ0) is 24.7. The molecule has 3 aliphatic heterocycles. The Morgan fingerprint density at radius 3 is 2.80 bits per heavy atom. The Labute approximate surface area is 203 Å². The summed E-state index contributed by atoms with van der Waals surface area (Å²) in [5, 5.41) is 0. The lowest BCUT2D eigenvalue weighted by Gasteiger charge is -2.50. The van der Waals surface area contributed by atoms with E-state index in [4.69, 9.17) is 0 Å². The minimum Gasteiger partial charge on any atom is -0.355 e. The number of nitrogens with zero attached hydrogens (tertiary/aromatic N) is 4. The van der Waals surface area contributed by atoms with Crippen molar-refractivity contribution in [3.63, 3.8) is 0 Å². The van der Waals surface area contributed by atoms with Gasteiger partial charge in [0.25, 0.3) is 0 Å². The molecule has 0 aromatic carbocycles. The quantitative estimate of drug-likeness (QED) is 0.668. The van der Waals surface area contributed by atoms with Gasteiger partial charge in [0, 0.05) is 57.9 Å². The Balaban J connectivity index is 1.40. The van der Waals surface area contributed by atoms with Crippen LogP contribution in [-0.4, -0.2) is 84.1 Å². The van der Waals surface area contributed by atoms with Gasteiger partial charge in [-0.05, 0) is 49.1 Å². The van der Waals surface area contributed by atoms with Gasteiger partial charge >= 0.3 is 6.18 Å². The number of halogens is 3. The molecule has 4 aliphatic rings. The molecule has 1 aliphatic carbocycles. The third kappa shape index (κ3) is 4.84. The molecule has 0 spiro atoms. The van der Waals surface area contributed by atoms with Crippen LogP contribution in [-0.2, 0) is 9.59 Å². The van der Waals surface area contributed by atoms with Gasteiger partial charge in [0.1, 0.15) is 12.4 Å². The summed E-state index contributed by atoms with van der Waals surface area (Å²) in [5.41, 5.74) is 7.21. The summed E-state index contributed by atoms with van der Waals surface area (Å²) in [4.78, 5) is 34.8. The Bertz CT molecular complexity index is 959. The van der Waals surface area contributed by atoms with Crippen molar-refractivity contribution in [2.75, 3.05) is 44.2 Å². The number of nitrogens with one attached hydrogen (secondary N) is 2. The first-order valence-electron chi connectivity index (χ1n) is 12.5. The fourth-order valence-electron chi connectivity index (χ4n) is 6.59. The van der Waals surface area contributed by atoms with Crippen molar-refractivity contribution in [2.45, 2.75) is 56.8 Å². The molecule has 5 atom stereocenters. The van der Waals surface area contributed by atoms with Crippen molar-refractivity contribution < 1.29 is 22.8 Å². The molecule has 4 heterocycles. The molecule has 2 amide bonds. The number of hydrogen-bond acceptors (Lipinski definition) is 6. The minimum atomic E-state index is -4.44. The Kier molecular flexibility index (Phi) is 6.65. The third-order valence-corrected chi connectivity index (χ3v) is 8.20. The monoisotopic (exact) mass is 494 g/mol. The van der Waals surface area contributed by atoms with Gasteiger partial charge in [-0.3, -0.25) is 20.4 Å². The van der Waals surface area contributed by atoms with Gasteiger partial charge in [-0.25, -0.2) is 4.98 Å². The highest BCUT2D eigenvalue weighted by atomic mass is 19.4. The molecule has 8 nitrogen and oxygen atoms in total. The van der Waals surface area contributed by atoms with Crippen LogP contribution in [0.15, 0.2) is 18.3 Å². The third-order valence-electron chi connectivity index (χ3n) is 8.20. The first kappa shape index (κ1) is 24.3. The summed E-state index contributed by atoms with van der Waals surface area (Å²) in [7, 11) is 0. The lowest BCUT2D eigenvalue weighted by molar-refractivity contribution is -0.178. The van der Waals surface area contributed by atoms with Crippen molar-refractivity contribution in [3.05, 3.63) is 23.9 Å². The second-order valence-electron chi connectivity index (χ2n) is 10.2. The molecule has 1 aromatic heterocycles. The number of carbonyl (C=O) groups excluding carboxylic acids is 2. The predicted octanol–water partition coefficient (Wildman–Crippen LogP) is 1.89. The molecule has 192 valence electrons. The Hall–Kier alpha value is -2.40. The van der Waals surface area contributed by atoms with Crippen LogP contribution in [0.5, 0.6) is 0 Å². The average molecular weight is 495 g/mol. The molecule has 1 saturated carbocycles. The molecule has 2 N–H and O–H groups in total. The number of carbonyl (C=O) groups is 2. The summed E-state index contributed by atoms with van der Waals surface area (Å²) in [5.74, 6) is 0.0477. The summed E-state index contributed by atoms with van der Waals surface area (Å²) >= 11 is 0. The van der Waals surface area contributed by atoms with Crippen molar-refractivity contribution in [1.29, 1.82) is 0 Å². The number of alkyl halides is 3. The predicted molar refractivity (Wildman–Crippen MR) is 123 cm³/mol. The number of aromatic nitrogens is 1. The average Bonchev–Trinajstić information content (AvgIpc) is 3.18. The molecule has 5 rings (SSSR count). The molecule has 4 fully saturated rings. The molecule has 0 radical (unpaired) electrons. The van der Waals surface area contributed by atoms with Crippen LogP contribution in [0, 0.1) is 11.8 Å². The minimum absolute atomic E-state index is 0.0153. The zero-order valence-electron chi connectivity index (χ0n) is 19.9. The van der Waals surface area contributed by atoms with E-state index in [0.717, 1.165) is 42.1 Å². The number of amides is 2. The Morgan fingerprint density at radius 2 is 2.03 bits per heavy atom. The van der Waals surface area contributed by atoms with Crippen LogP contribution in [0.25, 0.3) is 0 Å². The van der Waals surface area contributed by atoms with E-state index in [1.54, 1.807) is 13.1 Å². The summed E-state index contributed by atoms with van der Waals surface area (Å²) in [6.45, 7) is 3.51. The van der Waals surface area contributed by atoms with Gasteiger partial charge in [0.05, 0.1) is 5.92 Å². The number of piperidine rings is 1. The van der Waals surface area contributed by atoms with Crippen LogP contribution in [0.1, 0.15) is 44.1 Å². The van der Waals surface area contributed by atoms with Gasteiger partial charge < -0.3 is 14.7 Å². The van der Waals surface area contributed by atoms with Gasteiger partial charge in [0.2, 0.25) is 11.8 Å². The van der Waals surface area contributed by atoms with E-state index in [0.29, 0.717) is 32.6 Å². The van der Waals surface area contributed by atoms with E-state index in [1.807, 2.05) is 17.0 Å². The molecule has 1 aromatic rings. The number of anilines is 1.